The van der Waals surface area contributed by atoms with Gasteiger partial charge in [-0.05, 0) is 42.3 Å². The highest BCUT2D eigenvalue weighted by molar-refractivity contribution is 5.81. The zero-order valence-corrected chi connectivity index (χ0v) is 14.5. The van der Waals surface area contributed by atoms with Gasteiger partial charge in [-0.15, -0.1) is 0 Å². The van der Waals surface area contributed by atoms with E-state index in [9.17, 15) is 0 Å². The summed E-state index contributed by atoms with van der Waals surface area (Å²) in [6.07, 6.45) is 1.56. The van der Waals surface area contributed by atoms with E-state index in [0.29, 0.717) is 29.6 Å². The molecule has 5 heteroatoms. The first kappa shape index (κ1) is 17.5. The van der Waals surface area contributed by atoms with Gasteiger partial charge in [-0.25, -0.2) is 0 Å². The van der Waals surface area contributed by atoms with Crippen LogP contribution in [0, 0.1) is 0 Å². The van der Waals surface area contributed by atoms with Gasteiger partial charge in [0.15, 0.2) is 11.5 Å². The molecule has 128 valence electrons. The normalized spacial score (nSPS) is 11.1. The summed E-state index contributed by atoms with van der Waals surface area (Å²) in [5.41, 5.74) is 8.55. The first-order valence-electron chi connectivity index (χ1n) is 7.63. The quantitative estimate of drug-likeness (QED) is 0.843. The number of methoxy groups -OCH3 is 3. The number of hydrogen-bond acceptors (Lipinski definition) is 5. The molecule has 2 aromatic rings. The number of hydrogen-bond donors (Lipinski definition) is 1. The second-order valence-corrected chi connectivity index (χ2v) is 4.98. The molecule has 0 heterocycles. The maximum atomic E-state index is 5.90. The van der Waals surface area contributed by atoms with Gasteiger partial charge in [0.05, 0.1) is 27.9 Å². The molecule has 0 spiro atoms. The van der Waals surface area contributed by atoms with Crippen molar-refractivity contribution in [1.29, 1.82) is 0 Å². The van der Waals surface area contributed by atoms with Crippen LogP contribution in [0.15, 0.2) is 42.6 Å². The maximum Gasteiger partial charge on any atom is 0.161 e. The lowest BCUT2D eigenvalue weighted by Gasteiger charge is -2.14. The van der Waals surface area contributed by atoms with Crippen molar-refractivity contribution in [3.63, 3.8) is 0 Å². The Balaban J connectivity index is 2.51. The Labute approximate surface area is 142 Å². The number of rotatable bonds is 7. The Bertz CT molecular complexity index is 703. The molecule has 2 rings (SSSR count). The first-order valence-corrected chi connectivity index (χ1v) is 7.63. The van der Waals surface area contributed by atoms with Gasteiger partial charge in [0.25, 0.3) is 0 Å². The largest absolute Gasteiger partial charge is 0.497 e. The van der Waals surface area contributed by atoms with Crippen LogP contribution in [0.1, 0.15) is 18.1 Å². The van der Waals surface area contributed by atoms with E-state index in [-0.39, 0.29) is 0 Å². The molecule has 5 nitrogen and oxygen atoms in total. The number of nitrogens with two attached hydrogens (primary N) is 1. The van der Waals surface area contributed by atoms with Crippen LogP contribution in [0.5, 0.6) is 23.0 Å². The first-order chi connectivity index (χ1) is 11.7. The molecule has 0 bridgehead atoms. The van der Waals surface area contributed by atoms with E-state index in [1.54, 1.807) is 27.5 Å². The smallest absolute Gasteiger partial charge is 0.161 e. The monoisotopic (exact) mass is 329 g/mol. The van der Waals surface area contributed by atoms with Gasteiger partial charge in [0.1, 0.15) is 11.5 Å². The van der Waals surface area contributed by atoms with Gasteiger partial charge in [-0.3, -0.25) is 0 Å². The van der Waals surface area contributed by atoms with Gasteiger partial charge >= 0.3 is 0 Å². The summed E-state index contributed by atoms with van der Waals surface area (Å²) >= 11 is 0. The Morgan fingerprint density at radius 1 is 0.875 bits per heavy atom. The van der Waals surface area contributed by atoms with Gasteiger partial charge in [-0.1, -0.05) is 6.07 Å². The fourth-order valence-electron chi connectivity index (χ4n) is 2.43. The molecule has 2 aromatic carbocycles. The van der Waals surface area contributed by atoms with Crippen molar-refractivity contribution in [2.45, 2.75) is 6.92 Å². The molecular weight excluding hydrogens is 306 g/mol. The molecule has 0 aromatic heterocycles. The van der Waals surface area contributed by atoms with Crippen LogP contribution < -0.4 is 24.7 Å². The maximum absolute atomic E-state index is 5.90. The zero-order chi connectivity index (χ0) is 17.5. The molecule has 0 radical (unpaired) electrons. The van der Waals surface area contributed by atoms with Crippen LogP contribution >= 0.6 is 0 Å². The summed E-state index contributed by atoms with van der Waals surface area (Å²) in [7, 11) is 4.85. The Hall–Kier alpha value is -2.82. The van der Waals surface area contributed by atoms with Crippen molar-refractivity contribution in [2.24, 2.45) is 5.73 Å². The third-order valence-electron chi connectivity index (χ3n) is 3.60. The minimum absolute atomic E-state index is 0.550. The van der Waals surface area contributed by atoms with Crippen molar-refractivity contribution in [3.8, 4) is 23.0 Å². The van der Waals surface area contributed by atoms with Gasteiger partial charge in [-0.2, -0.15) is 0 Å². The van der Waals surface area contributed by atoms with Crippen LogP contribution in [-0.2, 0) is 0 Å². The number of ether oxygens (including phenoxy) is 4. The van der Waals surface area contributed by atoms with Crippen molar-refractivity contribution >= 4 is 5.57 Å². The highest BCUT2D eigenvalue weighted by atomic mass is 16.5. The third-order valence-corrected chi connectivity index (χ3v) is 3.60. The van der Waals surface area contributed by atoms with E-state index >= 15 is 0 Å². The predicted octanol–water partition coefficient (Wildman–Crippen LogP) is 3.46. The van der Waals surface area contributed by atoms with E-state index in [1.165, 1.54) is 0 Å². The summed E-state index contributed by atoms with van der Waals surface area (Å²) < 4.78 is 21.6. The Morgan fingerprint density at radius 2 is 1.54 bits per heavy atom. The minimum atomic E-state index is 0.550. The second kappa shape index (κ2) is 8.15. The topological polar surface area (TPSA) is 62.9 Å². The van der Waals surface area contributed by atoms with E-state index in [0.717, 1.165) is 16.7 Å². The molecule has 0 aliphatic carbocycles. The van der Waals surface area contributed by atoms with Gasteiger partial charge < -0.3 is 24.7 Å². The average molecular weight is 329 g/mol. The van der Waals surface area contributed by atoms with E-state index < -0.39 is 0 Å². The van der Waals surface area contributed by atoms with Crippen molar-refractivity contribution in [2.75, 3.05) is 27.9 Å². The lowest BCUT2D eigenvalue weighted by Crippen LogP contribution is -1.99. The van der Waals surface area contributed by atoms with Crippen molar-refractivity contribution in [1.82, 2.24) is 0 Å². The molecule has 0 unspecified atom stereocenters. The van der Waals surface area contributed by atoms with Crippen LogP contribution in [0.4, 0.5) is 0 Å². The molecule has 0 aliphatic rings. The van der Waals surface area contributed by atoms with E-state index in [2.05, 4.69) is 0 Å². The molecule has 0 saturated heterocycles. The van der Waals surface area contributed by atoms with E-state index in [1.807, 2.05) is 43.3 Å². The fraction of sp³-hybridized carbons (Fsp3) is 0.263. The third kappa shape index (κ3) is 3.74. The van der Waals surface area contributed by atoms with Crippen molar-refractivity contribution in [3.05, 3.63) is 53.7 Å². The Morgan fingerprint density at radius 3 is 2.04 bits per heavy atom. The highest BCUT2D eigenvalue weighted by Crippen LogP contribution is 2.35. The van der Waals surface area contributed by atoms with Crippen LogP contribution in [0.3, 0.4) is 0 Å². The summed E-state index contributed by atoms with van der Waals surface area (Å²) in [6.45, 7) is 2.48. The van der Waals surface area contributed by atoms with E-state index in [4.69, 9.17) is 24.7 Å². The minimum Gasteiger partial charge on any atom is -0.497 e. The average Bonchev–Trinajstić information content (AvgIpc) is 2.62. The molecule has 0 fully saturated rings. The standard InChI is InChI=1S/C19H23NO4/c1-5-24-19-10-13(6-7-18(19)23-4)17(12-20)14-8-15(21-2)11-16(9-14)22-3/h6-12H,5,20H2,1-4H3. The van der Waals surface area contributed by atoms with Gasteiger partial charge in [0, 0.05) is 17.8 Å². The SMILES string of the molecule is CCOc1cc(C(=CN)c2cc(OC)cc(OC)c2)ccc1OC. The highest BCUT2D eigenvalue weighted by Gasteiger charge is 2.12. The lowest BCUT2D eigenvalue weighted by molar-refractivity contribution is 0.311. The van der Waals surface area contributed by atoms with Crippen LogP contribution in [0.25, 0.3) is 5.57 Å². The molecule has 0 atom stereocenters. The molecule has 24 heavy (non-hydrogen) atoms. The molecule has 0 aliphatic heterocycles. The van der Waals surface area contributed by atoms with Crippen molar-refractivity contribution < 1.29 is 18.9 Å². The van der Waals surface area contributed by atoms with Crippen LogP contribution in [0.2, 0.25) is 0 Å². The molecular formula is C19H23NO4. The summed E-state index contributed by atoms with van der Waals surface area (Å²) in [5.74, 6) is 2.75. The molecule has 0 amide bonds. The lowest BCUT2D eigenvalue weighted by atomic mass is 9.98. The second-order valence-electron chi connectivity index (χ2n) is 4.98. The molecule has 2 N–H and O–H groups in total. The Kier molecular flexibility index (Phi) is 5.95. The van der Waals surface area contributed by atoms with Gasteiger partial charge in [0.2, 0.25) is 0 Å². The zero-order valence-electron chi connectivity index (χ0n) is 14.5. The summed E-state index contributed by atoms with van der Waals surface area (Å²) in [4.78, 5) is 0. The number of benzene rings is 2. The summed E-state index contributed by atoms with van der Waals surface area (Å²) in [5, 5.41) is 0. The molecule has 0 saturated carbocycles. The summed E-state index contributed by atoms with van der Waals surface area (Å²) in [6, 6.07) is 11.3. The van der Waals surface area contributed by atoms with Crippen LogP contribution in [-0.4, -0.2) is 27.9 Å². The predicted molar refractivity (Wildman–Crippen MR) is 95.0 cm³/mol. The fourth-order valence-corrected chi connectivity index (χ4v) is 2.43.